The summed E-state index contributed by atoms with van der Waals surface area (Å²) in [6.07, 6.45) is 2.13. The molecule has 0 fully saturated rings. The van der Waals surface area contributed by atoms with Crippen molar-refractivity contribution in [3.63, 3.8) is 0 Å². The van der Waals surface area contributed by atoms with E-state index in [0.29, 0.717) is 18.8 Å². The topological polar surface area (TPSA) is 72.5 Å². The molecule has 6 nitrogen and oxygen atoms in total. The number of carbonyl (C=O) groups excluding carboxylic acids is 1. The van der Waals surface area contributed by atoms with Gasteiger partial charge in [0.2, 0.25) is 12.7 Å². The predicted molar refractivity (Wildman–Crippen MR) is 83.0 cm³/mol. The van der Waals surface area contributed by atoms with Gasteiger partial charge in [-0.25, -0.2) is 4.98 Å². The molecule has 1 aliphatic rings. The van der Waals surface area contributed by atoms with E-state index in [1.54, 1.807) is 19.2 Å². The van der Waals surface area contributed by atoms with Crippen LogP contribution >= 0.6 is 0 Å². The van der Waals surface area contributed by atoms with Crippen LogP contribution in [0.25, 0.3) is 0 Å². The van der Waals surface area contributed by atoms with Crippen molar-refractivity contribution in [3.05, 3.63) is 42.1 Å². The molecule has 22 heavy (non-hydrogen) atoms. The molecule has 1 aliphatic heterocycles. The third-order valence-electron chi connectivity index (χ3n) is 3.29. The van der Waals surface area contributed by atoms with E-state index in [4.69, 9.17) is 9.47 Å². The van der Waals surface area contributed by atoms with Crippen molar-refractivity contribution in [1.82, 2.24) is 4.98 Å². The Balaban J connectivity index is 1.58. The number of pyridine rings is 1. The molecule has 114 valence electrons. The number of nitrogens with one attached hydrogen (secondary N) is 2. The molecule has 1 aromatic heterocycles. The Bertz CT molecular complexity index is 671. The van der Waals surface area contributed by atoms with Gasteiger partial charge in [0.05, 0.1) is 11.9 Å². The molecule has 0 unspecified atom stereocenters. The van der Waals surface area contributed by atoms with Crippen LogP contribution in [0.15, 0.2) is 36.5 Å². The smallest absolute Gasteiger partial charge is 0.231 e. The summed E-state index contributed by atoms with van der Waals surface area (Å²) in [7, 11) is 0. The molecule has 3 rings (SSSR count). The van der Waals surface area contributed by atoms with E-state index in [1.165, 1.54) is 0 Å². The molecule has 2 heterocycles. The van der Waals surface area contributed by atoms with E-state index in [1.807, 2.05) is 24.3 Å². The van der Waals surface area contributed by atoms with Crippen LogP contribution < -0.4 is 20.1 Å². The number of hydrogen-bond donors (Lipinski definition) is 2. The standard InChI is InChI=1S/C16H17N3O3/c1-2-16(20)19-15-6-4-12(9-18-15)17-8-11-3-5-13-14(7-11)22-10-21-13/h3-7,9,17H,2,8,10H2,1H3,(H,18,19,20). The maximum Gasteiger partial charge on any atom is 0.231 e. The van der Waals surface area contributed by atoms with Gasteiger partial charge in [-0.2, -0.15) is 0 Å². The van der Waals surface area contributed by atoms with Crippen LogP contribution in [0.4, 0.5) is 11.5 Å². The third-order valence-corrected chi connectivity index (χ3v) is 3.29. The predicted octanol–water partition coefficient (Wildman–Crippen LogP) is 2.77. The first-order valence-corrected chi connectivity index (χ1v) is 7.13. The van der Waals surface area contributed by atoms with Crippen LogP contribution in [0.2, 0.25) is 0 Å². The molecule has 0 aliphatic carbocycles. The summed E-state index contributed by atoms with van der Waals surface area (Å²) in [6.45, 7) is 2.73. The van der Waals surface area contributed by atoms with Gasteiger partial charge in [-0.05, 0) is 29.8 Å². The zero-order chi connectivity index (χ0) is 15.4. The molecule has 1 aromatic carbocycles. The number of amides is 1. The number of ether oxygens (including phenoxy) is 2. The lowest BCUT2D eigenvalue weighted by Gasteiger charge is -2.08. The molecule has 2 aromatic rings. The number of benzene rings is 1. The van der Waals surface area contributed by atoms with E-state index < -0.39 is 0 Å². The molecule has 0 bridgehead atoms. The minimum absolute atomic E-state index is 0.0476. The highest BCUT2D eigenvalue weighted by Crippen LogP contribution is 2.32. The van der Waals surface area contributed by atoms with Gasteiger partial charge in [-0.15, -0.1) is 0 Å². The van der Waals surface area contributed by atoms with Gasteiger partial charge in [0.25, 0.3) is 0 Å². The Kier molecular flexibility index (Phi) is 4.09. The Hall–Kier alpha value is -2.76. The van der Waals surface area contributed by atoms with Gasteiger partial charge < -0.3 is 20.1 Å². The average molecular weight is 299 g/mol. The molecule has 0 atom stereocenters. The van der Waals surface area contributed by atoms with Crippen LogP contribution in [0, 0.1) is 0 Å². The fraction of sp³-hybridized carbons (Fsp3) is 0.250. The fourth-order valence-electron chi connectivity index (χ4n) is 2.06. The minimum Gasteiger partial charge on any atom is -0.454 e. The average Bonchev–Trinajstić information content (AvgIpc) is 3.01. The van der Waals surface area contributed by atoms with E-state index in [2.05, 4.69) is 15.6 Å². The number of aromatic nitrogens is 1. The number of rotatable bonds is 5. The number of anilines is 2. The van der Waals surface area contributed by atoms with Crippen molar-refractivity contribution in [2.75, 3.05) is 17.4 Å². The summed E-state index contributed by atoms with van der Waals surface area (Å²) < 4.78 is 10.6. The zero-order valence-corrected chi connectivity index (χ0v) is 12.3. The molecule has 2 N–H and O–H groups in total. The SMILES string of the molecule is CCC(=O)Nc1ccc(NCc2ccc3c(c2)OCO3)cn1. The van der Waals surface area contributed by atoms with Gasteiger partial charge in [0.15, 0.2) is 11.5 Å². The third kappa shape index (κ3) is 3.28. The maximum atomic E-state index is 11.3. The summed E-state index contributed by atoms with van der Waals surface area (Å²) in [5.41, 5.74) is 1.97. The van der Waals surface area contributed by atoms with Crippen LogP contribution in [0.3, 0.4) is 0 Å². The first-order chi connectivity index (χ1) is 10.7. The van der Waals surface area contributed by atoms with Crippen molar-refractivity contribution < 1.29 is 14.3 Å². The van der Waals surface area contributed by atoms with E-state index >= 15 is 0 Å². The summed E-state index contributed by atoms with van der Waals surface area (Å²) in [6, 6.07) is 9.50. The van der Waals surface area contributed by atoms with Crippen LogP contribution in [-0.2, 0) is 11.3 Å². The van der Waals surface area contributed by atoms with Crippen LogP contribution in [0.5, 0.6) is 11.5 Å². The molecular weight excluding hydrogens is 282 g/mol. The van der Waals surface area contributed by atoms with E-state index in [-0.39, 0.29) is 12.7 Å². The van der Waals surface area contributed by atoms with Crippen molar-refractivity contribution >= 4 is 17.4 Å². The normalized spacial score (nSPS) is 12.0. The Labute approximate surface area is 128 Å². The summed E-state index contributed by atoms with van der Waals surface area (Å²) in [5, 5.41) is 5.99. The molecular formula is C16H17N3O3. The molecule has 6 heteroatoms. The zero-order valence-electron chi connectivity index (χ0n) is 12.3. The quantitative estimate of drug-likeness (QED) is 0.888. The van der Waals surface area contributed by atoms with Crippen molar-refractivity contribution in [1.29, 1.82) is 0 Å². The Morgan fingerprint density at radius 3 is 2.86 bits per heavy atom. The number of hydrogen-bond acceptors (Lipinski definition) is 5. The first-order valence-electron chi connectivity index (χ1n) is 7.13. The Morgan fingerprint density at radius 1 is 1.23 bits per heavy atom. The fourth-order valence-corrected chi connectivity index (χ4v) is 2.06. The van der Waals surface area contributed by atoms with Gasteiger partial charge in [0, 0.05) is 13.0 Å². The van der Waals surface area contributed by atoms with Crippen LogP contribution in [-0.4, -0.2) is 17.7 Å². The minimum atomic E-state index is -0.0476. The summed E-state index contributed by atoms with van der Waals surface area (Å²) >= 11 is 0. The molecule has 1 amide bonds. The lowest BCUT2D eigenvalue weighted by atomic mass is 10.2. The van der Waals surface area contributed by atoms with Crippen molar-refractivity contribution in [3.8, 4) is 11.5 Å². The second-order valence-corrected chi connectivity index (χ2v) is 4.88. The highest BCUT2D eigenvalue weighted by molar-refractivity contribution is 5.89. The summed E-state index contributed by atoms with van der Waals surface area (Å²) in [5.74, 6) is 2.06. The highest BCUT2D eigenvalue weighted by Gasteiger charge is 2.12. The van der Waals surface area contributed by atoms with E-state index in [9.17, 15) is 4.79 Å². The number of fused-ring (bicyclic) bond motifs is 1. The first kappa shape index (κ1) is 14.2. The summed E-state index contributed by atoms with van der Waals surface area (Å²) in [4.78, 5) is 15.5. The maximum absolute atomic E-state index is 11.3. The molecule has 0 saturated heterocycles. The monoisotopic (exact) mass is 299 g/mol. The lowest BCUT2D eigenvalue weighted by Crippen LogP contribution is -2.10. The highest BCUT2D eigenvalue weighted by atomic mass is 16.7. The second kappa shape index (κ2) is 6.34. The van der Waals surface area contributed by atoms with Gasteiger partial charge >= 0.3 is 0 Å². The second-order valence-electron chi connectivity index (χ2n) is 4.88. The van der Waals surface area contributed by atoms with Gasteiger partial charge in [-0.1, -0.05) is 13.0 Å². The molecule has 0 spiro atoms. The lowest BCUT2D eigenvalue weighted by molar-refractivity contribution is -0.115. The molecule has 0 radical (unpaired) electrons. The van der Waals surface area contributed by atoms with Gasteiger partial charge in [-0.3, -0.25) is 4.79 Å². The van der Waals surface area contributed by atoms with Gasteiger partial charge in [0.1, 0.15) is 5.82 Å². The largest absolute Gasteiger partial charge is 0.454 e. The number of carbonyl (C=O) groups is 1. The van der Waals surface area contributed by atoms with Crippen molar-refractivity contribution in [2.45, 2.75) is 19.9 Å². The van der Waals surface area contributed by atoms with E-state index in [0.717, 1.165) is 22.7 Å². The Morgan fingerprint density at radius 2 is 2.09 bits per heavy atom. The van der Waals surface area contributed by atoms with Crippen LogP contribution in [0.1, 0.15) is 18.9 Å². The van der Waals surface area contributed by atoms with Crippen molar-refractivity contribution in [2.24, 2.45) is 0 Å². The molecule has 0 saturated carbocycles. The number of nitrogens with zero attached hydrogens (tertiary/aromatic N) is 1.